The van der Waals surface area contributed by atoms with Gasteiger partial charge in [0.25, 0.3) is 15.6 Å². The molecule has 0 bridgehead atoms. The summed E-state index contributed by atoms with van der Waals surface area (Å²) in [4.78, 5) is 23.6. The van der Waals surface area contributed by atoms with E-state index in [4.69, 9.17) is 39.2 Å². The van der Waals surface area contributed by atoms with Crippen molar-refractivity contribution in [1.29, 1.82) is 0 Å². The highest BCUT2D eigenvalue weighted by atomic mass is 35.6. The average molecular weight is 362 g/mol. The van der Waals surface area contributed by atoms with E-state index in [1.807, 2.05) is 0 Å². The van der Waals surface area contributed by atoms with Crippen LogP contribution in [0.3, 0.4) is 0 Å². The van der Waals surface area contributed by atoms with Gasteiger partial charge in [-0.25, -0.2) is 0 Å². The van der Waals surface area contributed by atoms with Crippen molar-refractivity contribution in [3.8, 4) is 0 Å². The zero-order chi connectivity index (χ0) is 16.3. The number of hydrogen-bond donors (Lipinski definition) is 2. The van der Waals surface area contributed by atoms with E-state index in [0.717, 1.165) is 5.56 Å². The van der Waals surface area contributed by atoms with Crippen LogP contribution in [0.25, 0.3) is 0 Å². The summed E-state index contributed by atoms with van der Waals surface area (Å²) in [7, 11) is 0. The Kier molecular flexibility index (Phi) is 5.01. The number of alkyl halides is 3. The first-order valence-corrected chi connectivity index (χ1v) is 7.24. The van der Waals surface area contributed by atoms with E-state index in [-0.39, 0.29) is 5.76 Å². The Bertz CT molecular complexity index is 694. The third-order valence-electron chi connectivity index (χ3n) is 2.75. The number of aryl methyl sites for hydroxylation is 1. The third-order valence-corrected chi connectivity index (χ3v) is 3.26. The molecule has 0 radical (unpaired) electrons. The molecule has 0 atom stereocenters. The molecule has 0 fully saturated rings. The smallest absolute Gasteiger partial charge is 0.291 e. The number of nitrogens with one attached hydrogen (secondary N) is 2. The number of halogens is 3. The van der Waals surface area contributed by atoms with Crippen LogP contribution in [0.15, 0.2) is 41.0 Å². The molecule has 0 unspecified atom stereocenters. The molecule has 22 heavy (non-hydrogen) atoms. The lowest BCUT2D eigenvalue weighted by atomic mass is 10.1. The van der Waals surface area contributed by atoms with Gasteiger partial charge in [0.2, 0.25) is 0 Å². The average Bonchev–Trinajstić information content (AvgIpc) is 2.95. The van der Waals surface area contributed by atoms with Crippen molar-refractivity contribution in [2.75, 3.05) is 10.6 Å². The van der Waals surface area contributed by atoms with Gasteiger partial charge >= 0.3 is 0 Å². The summed E-state index contributed by atoms with van der Waals surface area (Å²) >= 11 is 16.5. The topological polar surface area (TPSA) is 71.3 Å². The molecule has 0 spiro atoms. The number of carbonyl (C=O) groups excluding carboxylic acids is 2. The van der Waals surface area contributed by atoms with Gasteiger partial charge in [-0.15, -0.1) is 0 Å². The Morgan fingerprint density at radius 3 is 2.45 bits per heavy atom. The largest absolute Gasteiger partial charge is 0.459 e. The van der Waals surface area contributed by atoms with Gasteiger partial charge < -0.3 is 15.1 Å². The minimum absolute atomic E-state index is 0.174. The molecule has 8 heteroatoms. The predicted molar refractivity (Wildman–Crippen MR) is 86.8 cm³/mol. The van der Waals surface area contributed by atoms with Crippen LogP contribution in [0.2, 0.25) is 0 Å². The second-order valence-electron chi connectivity index (χ2n) is 4.41. The Labute approximate surface area is 141 Å². The van der Waals surface area contributed by atoms with Crippen molar-refractivity contribution in [2.45, 2.75) is 10.7 Å². The standard InChI is InChI=1S/C14H11Cl3N2O3/c1-8-4-5-9(18-12(20)11-3-2-6-22-11)7-10(8)19-13(21)14(15,16)17/h2-7H,1H3,(H,18,20)(H,19,21). The van der Waals surface area contributed by atoms with Crippen LogP contribution in [-0.2, 0) is 4.79 Å². The highest BCUT2D eigenvalue weighted by molar-refractivity contribution is 6.76. The molecule has 1 aromatic carbocycles. The monoisotopic (exact) mass is 360 g/mol. The number of benzene rings is 1. The molecule has 2 amide bonds. The number of amides is 2. The molecule has 116 valence electrons. The van der Waals surface area contributed by atoms with Gasteiger partial charge in [0.1, 0.15) is 0 Å². The van der Waals surface area contributed by atoms with E-state index in [2.05, 4.69) is 10.6 Å². The van der Waals surface area contributed by atoms with Crippen LogP contribution in [0, 0.1) is 6.92 Å². The molecule has 0 saturated carbocycles. The zero-order valence-corrected chi connectivity index (χ0v) is 13.6. The summed E-state index contributed by atoms with van der Waals surface area (Å²) in [5.41, 5.74) is 1.64. The molecule has 0 aliphatic heterocycles. The summed E-state index contributed by atoms with van der Waals surface area (Å²) in [5.74, 6) is -1.02. The maximum Gasteiger partial charge on any atom is 0.291 e. The fourth-order valence-electron chi connectivity index (χ4n) is 1.63. The van der Waals surface area contributed by atoms with Gasteiger partial charge in [0.15, 0.2) is 5.76 Å². The zero-order valence-electron chi connectivity index (χ0n) is 11.3. The lowest BCUT2D eigenvalue weighted by Crippen LogP contribution is -2.27. The Balaban J connectivity index is 2.16. The fourth-order valence-corrected chi connectivity index (χ4v) is 1.77. The quantitative estimate of drug-likeness (QED) is 0.807. The molecule has 2 rings (SSSR count). The van der Waals surface area contributed by atoms with Crippen LogP contribution in [0.4, 0.5) is 11.4 Å². The minimum atomic E-state index is -2.07. The van der Waals surface area contributed by atoms with Gasteiger partial charge in [-0.05, 0) is 36.8 Å². The summed E-state index contributed by atoms with van der Waals surface area (Å²) < 4.78 is 2.93. The van der Waals surface area contributed by atoms with Gasteiger partial charge in [-0.1, -0.05) is 40.9 Å². The molecule has 1 aromatic heterocycles. The first kappa shape index (κ1) is 16.7. The van der Waals surface area contributed by atoms with Gasteiger partial charge in [0.05, 0.1) is 6.26 Å². The fraction of sp³-hybridized carbons (Fsp3) is 0.143. The van der Waals surface area contributed by atoms with Crippen molar-refractivity contribution < 1.29 is 14.0 Å². The van der Waals surface area contributed by atoms with Crippen LogP contribution >= 0.6 is 34.8 Å². The highest BCUT2D eigenvalue weighted by Gasteiger charge is 2.30. The normalized spacial score (nSPS) is 11.1. The molecule has 0 saturated heterocycles. The molecule has 5 nitrogen and oxygen atoms in total. The summed E-state index contributed by atoms with van der Waals surface area (Å²) in [6.45, 7) is 1.77. The molecular weight excluding hydrogens is 351 g/mol. The van der Waals surface area contributed by atoms with E-state index < -0.39 is 15.6 Å². The first-order chi connectivity index (χ1) is 10.3. The van der Waals surface area contributed by atoms with Crippen LogP contribution in [-0.4, -0.2) is 15.6 Å². The number of furan rings is 1. The van der Waals surface area contributed by atoms with E-state index in [9.17, 15) is 9.59 Å². The molecular formula is C14H11Cl3N2O3. The maximum atomic E-state index is 11.9. The Morgan fingerprint density at radius 1 is 1.14 bits per heavy atom. The van der Waals surface area contributed by atoms with Crippen LogP contribution in [0.1, 0.15) is 16.1 Å². The van der Waals surface area contributed by atoms with Gasteiger partial charge in [-0.2, -0.15) is 0 Å². The van der Waals surface area contributed by atoms with E-state index >= 15 is 0 Å². The summed E-state index contributed by atoms with van der Waals surface area (Å²) in [6.07, 6.45) is 1.40. The summed E-state index contributed by atoms with van der Waals surface area (Å²) in [6, 6.07) is 8.10. The number of rotatable bonds is 3. The predicted octanol–water partition coefficient (Wildman–Crippen LogP) is 4.15. The van der Waals surface area contributed by atoms with Crippen molar-refractivity contribution >= 4 is 58.0 Å². The van der Waals surface area contributed by atoms with Crippen molar-refractivity contribution in [2.24, 2.45) is 0 Å². The van der Waals surface area contributed by atoms with E-state index in [1.165, 1.54) is 12.3 Å². The van der Waals surface area contributed by atoms with E-state index in [1.54, 1.807) is 31.2 Å². The van der Waals surface area contributed by atoms with Crippen molar-refractivity contribution in [1.82, 2.24) is 0 Å². The van der Waals surface area contributed by atoms with Crippen LogP contribution in [0.5, 0.6) is 0 Å². The molecule has 2 N–H and O–H groups in total. The third kappa shape index (κ3) is 4.16. The van der Waals surface area contributed by atoms with Crippen LogP contribution < -0.4 is 10.6 Å². The van der Waals surface area contributed by atoms with Crippen molar-refractivity contribution in [3.05, 3.63) is 47.9 Å². The van der Waals surface area contributed by atoms with Gasteiger partial charge in [0, 0.05) is 11.4 Å². The lowest BCUT2D eigenvalue weighted by molar-refractivity contribution is -0.115. The van der Waals surface area contributed by atoms with Gasteiger partial charge in [-0.3, -0.25) is 9.59 Å². The second-order valence-corrected chi connectivity index (χ2v) is 6.69. The Hall–Kier alpha value is -1.69. The number of carbonyl (C=O) groups is 2. The highest BCUT2D eigenvalue weighted by Crippen LogP contribution is 2.29. The SMILES string of the molecule is Cc1ccc(NC(=O)c2ccco2)cc1NC(=O)C(Cl)(Cl)Cl. The minimum Gasteiger partial charge on any atom is -0.459 e. The Morgan fingerprint density at radius 2 is 1.86 bits per heavy atom. The molecule has 2 aromatic rings. The lowest BCUT2D eigenvalue weighted by Gasteiger charge is -2.14. The molecule has 0 aliphatic rings. The maximum absolute atomic E-state index is 11.9. The number of hydrogen-bond acceptors (Lipinski definition) is 3. The first-order valence-electron chi connectivity index (χ1n) is 6.11. The van der Waals surface area contributed by atoms with Crippen molar-refractivity contribution in [3.63, 3.8) is 0 Å². The summed E-state index contributed by atoms with van der Waals surface area (Å²) in [5, 5.41) is 5.13. The molecule has 1 heterocycles. The second kappa shape index (κ2) is 6.60. The number of anilines is 2. The molecule has 0 aliphatic carbocycles. The van der Waals surface area contributed by atoms with E-state index in [0.29, 0.717) is 11.4 Å².